The molecule has 106 valence electrons. The summed E-state index contributed by atoms with van der Waals surface area (Å²) in [5, 5.41) is 0. The molecular formula is C13H26N2O3. The number of ether oxygens (including phenoxy) is 2. The van der Waals surface area contributed by atoms with E-state index in [1.165, 1.54) is 0 Å². The largest absolute Gasteiger partial charge is 0.383 e. The van der Waals surface area contributed by atoms with Gasteiger partial charge in [0.1, 0.15) is 0 Å². The van der Waals surface area contributed by atoms with Crippen LogP contribution in [0.2, 0.25) is 0 Å². The average Bonchev–Trinajstić information content (AvgIpc) is 2.70. The molecule has 0 spiro atoms. The SMILES string of the molecule is COCCN(CCOC)C(=O)C1(C)CCCC1N. The molecule has 0 radical (unpaired) electrons. The van der Waals surface area contributed by atoms with Gasteiger partial charge in [0.15, 0.2) is 0 Å². The Morgan fingerprint density at radius 2 is 1.89 bits per heavy atom. The van der Waals surface area contributed by atoms with E-state index in [1.807, 2.05) is 11.8 Å². The molecule has 5 heteroatoms. The summed E-state index contributed by atoms with van der Waals surface area (Å²) >= 11 is 0. The fraction of sp³-hybridized carbons (Fsp3) is 0.923. The molecule has 0 aromatic heterocycles. The van der Waals surface area contributed by atoms with Crippen molar-refractivity contribution in [1.29, 1.82) is 0 Å². The third-order valence-electron chi connectivity index (χ3n) is 3.94. The fourth-order valence-electron chi connectivity index (χ4n) is 2.54. The van der Waals surface area contributed by atoms with Crippen molar-refractivity contribution in [3.05, 3.63) is 0 Å². The minimum Gasteiger partial charge on any atom is -0.383 e. The van der Waals surface area contributed by atoms with E-state index >= 15 is 0 Å². The quantitative estimate of drug-likeness (QED) is 0.727. The zero-order chi connectivity index (χ0) is 13.6. The van der Waals surface area contributed by atoms with Gasteiger partial charge in [0.05, 0.1) is 18.6 Å². The standard InChI is InChI=1S/C13H26N2O3/c1-13(6-4-5-11(13)14)12(16)15(7-9-17-2)8-10-18-3/h11H,4-10,14H2,1-3H3. The lowest BCUT2D eigenvalue weighted by molar-refractivity contribution is -0.143. The first kappa shape index (κ1) is 15.4. The summed E-state index contributed by atoms with van der Waals surface area (Å²) in [6.07, 6.45) is 2.85. The summed E-state index contributed by atoms with van der Waals surface area (Å²) in [7, 11) is 3.28. The number of rotatable bonds is 7. The monoisotopic (exact) mass is 258 g/mol. The van der Waals surface area contributed by atoms with Crippen LogP contribution in [0.3, 0.4) is 0 Å². The third kappa shape index (κ3) is 3.43. The molecule has 0 heterocycles. The molecule has 5 nitrogen and oxygen atoms in total. The van der Waals surface area contributed by atoms with Crippen LogP contribution in [0.4, 0.5) is 0 Å². The zero-order valence-corrected chi connectivity index (χ0v) is 11.8. The summed E-state index contributed by atoms with van der Waals surface area (Å²) in [6.45, 7) is 4.27. The lowest BCUT2D eigenvalue weighted by atomic mass is 9.83. The van der Waals surface area contributed by atoms with Crippen LogP contribution in [-0.2, 0) is 14.3 Å². The van der Waals surface area contributed by atoms with Crippen molar-refractivity contribution in [2.45, 2.75) is 32.2 Å². The molecule has 0 saturated heterocycles. The van der Waals surface area contributed by atoms with E-state index in [0.717, 1.165) is 19.3 Å². The Balaban J connectivity index is 2.67. The summed E-state index contributed by atoms with van der Waals surface area (Å²) in [5.74, 6) is 0.140. The van der Waals surface area contributed by atoms with Crippen molar-refractivity contribution in [1.82, 2.24) is 4.90 Å². The van der Waals surface area contributed by atoms with Crippen molar-refractivity contribution >= 4 is 5.91 Å². The van der Waals surface area contributed by atoms with Crippen LogP contribution in [0.25, 0.3) is 0 Å². The van der Waals surface area contributed by atoms with Crippen molar-refractivity contribution in [2.75, 3.05) is 40.5 Å². The summed E-state index contributed by atoms with van der Waals surface area (Å²) in [4.78, 5) is 14.4. The Hall–Kier alpha value is -0.650. The van der Waals surface area contributed by atoms with Gasteiger partial charge in [-0.05, 0) is 19.8 Å². The fourth-order valence-corrected chi connectivity index (χ4v) is 2.54. The Bertz CT molecular complexity index is 265. The smallest absolute Gasteiger partial charge is 0.230 e. The van der Waals surface area contributed by atoms with E-state index in [-0.39, 0.29) is 11.9 Å². The van der Waals surface area contributed by atoms with Gasteiger partial charge in [-0.3, -0.25) is 4.79 Å². The Kier molecular flexibility index (Phi) is 6.05. The van der Waals surface area contributed by atoms with Crippen molar-refractivity contribution < 1.29 is 14.3 Å². The van der Waals surface area contributed by atoms with E-state index in [9.17, 15) is 4.79 Å². The first-order valence-corrected chi connectivity index (χ1v) is 6.59. The highest BCUT2D eigenvalue weighted by atomic mass is 16.5. The Labute approximate surface area is 110 Å². The maximum absolute atomic E-state index is 12.6. The normalized spacial score (nSPS) is 27.4. The predicted molar refractivity (Wildman–Crippen MR) is 70.3 cm³/mol. The average molecular weight is 258 g/mol. The van der Waals surface area contributed by atoms with Gasteiger partial charge in [0.2, 0.25) is 5.91 Å². The van der Waals surface area contributed by atoms with E-state index in [1.54, 1.807) is 14.2 Å². The number of hydrogen-bond acceptors (Lipinski definition) is 4. The predicted octanol–water partition coefficient (Wildman–Crippen LogP) is 0.625. The molecule has 0 aromatic carbocycles. The molecule has 2 N–H and O–H groups in total. The van der Waals surface area contributed by atoms with Crippen molar-refractivity contribution in [3.63, 3.8) is 0 Å². The number of carbonyl (C=O) groups excluding carboxylic acids is 1. The maximum atomic E-state index is 12.6. The molecule has 2 atom stereocenters. The molecule has 0 aliphatic heterocycles. The van der Waals surface area contributed by atoms with Gasteiger partial charge in [0, 0.05) is 33.4 Å². The minimum absolute atomic E-state index is 0.0300. The van der Waals surface area contributed by atoms with Crippen molar-refractivity contribution in [3.8, 4) is 0 Å². The number of methoxy groups -OCH3 is 2. The van der Waals surface area contributed by atoms with Crippen LogP contribution in [0.15, 0.2) is 0 Å². The van der Waals surface area contributed by atoms with Gasteiger partial charge in [0.25, 0.3) is 0 Å². The Morgan fingerprint density at radius 1 is 1.33 bits per heavy atom. The van der Waals surface area contributed by atoms with Crippen LogP contribution < -0.4 is 5.73 Å². The van der Waals surface area contributed by atoms with Crippen LogP contribution >= 0.6 is 0 Å². The van der Waals surface area contributed by atoms with Gasteiger partial charge >= 0.3 is 0 Å². The van der Waals surface area contributed by atoms with Gasteiger partial charge in [-0.25, -0.2) is 0 Å². The number of nitrogens with zero attached hydrogens (tertiary/aromatic N) is 1. The highest BCUT2D eigenvalue weighted by molar-refractivity contribution is 5.83. The maximum Gasteiger partial charge on any atom is 0.230 e. The summed E-state index contributed by atoms with van der Waals surface area (Å²) in [5.41, 5.74) is 5.68. The first-order chi connectivity index (χ1) is 8.56. The zero-order valence-electron chi connectivity index (χ0n) is 11.8. The summed E-state index contributed by atoms with van der Waals surface area (Å²) in [6, 6.07) is -0.0300. The third-order valence-corrected chi connectivity index (χ3v) is 3.94. The molecule has 18 heavy (non-hydrogen) atoms. The highest BCUT2D eigenvalue weighted by Crippen LogP contribution is 2.38. The first-order valence-electron chi connectivity index (χ1n) is 6.59. The molecule has 1 aliphatic rings. The van der Waals surface area contributed by atoms with Crippen LogP contribution in [0.5, 0.6) is 0 Å². The van der Waals surface area contributed by atoms with E-state index < -0.39 is 5.41 Å². The molecule has 1 saturated carbocycles. The highest BCUT2D eigenvalue weighted by Gasteiger charge is 2.44. The number of hydrogen-bond donors (Lipinski definition) is 1. The molecule has 1 aliphatic carbocycles. The lowest BCUT2D eigenvalue weighted by Gasteiger charge is -2.34. The number of amides is 1. The number of nitrogens with two attached hydrogens (primary N) is 1. The molecule has 1 rings (SSSR count). The van der Waals surface area contributed by atoms with Gasteiger partial charge < -0.3 is 20.1 Å². The second kappa shape index (κ2) is 7.07. The Morgan fingerprint density at radius 3 is 2.28 bits per heavy atom. The minimum atomic E-state index is -0.415. The van der Waals surface area contributed by atoms with Crippen LogP contribution in [0.1, 0.15) is 26.2 Å². The van der Waals surface area contributed by atoms with E-state index in [4.69, 9.17) is 15.2 Å². The molecule has 0 aromatic rings. The summed E-state index contributed by atoms with van der Waals surface area (Å²) < 4.78 is 10.1. The van der Waals surface area contributed by atoms with Gasteiger partial charge in [-0.1, -0.05) is 6.42 Å². The van der Waals surface area contributed by atoms with E-state index in [0.29, 0.717) is 26.3 Å². The molecular weight excluding hydrogens is 232 g/mol. The molecule has 2 unspecified atom stereocenters. The second-order valence-electron chi connectivity index (χ2n) is 5.19. The van der Waals surface area contributed by atoms with Gasteiger partial charge in [-0.2, -0.15) is 0 Å². The van der Waals surface area contributed by atoms with E-state index in [2.05, 4.69) is 0 Å². The molecule has 0 bridgehead atoms. The van der Waals surface area contributed by atoms with Crippen LogP contribution in [-0.4, -0.2) is 57.4 Å². The number of carbonyl (C=O) groups is 1. The van der Waals surface area contributed by atoms with Gasteiger partial charge in [-0.15, -0.1) is 0 Å². The van der Waals surface area contributed by atoms with Crippen molar-refractivity contribution in [2.24, 2.45) is 11.1 Å². The van der Waals surface area contributed by atoms with Crippen LogP contribution in [0, 0.1) is 5.41 Å². The molecule has 1 fully saturated rings. The molecule has 1 amide bonds. The lowest BCUT2D eigenvalue weighted by Crippen LogP contribution is -2.50. The second-order valence-corrected chi connectivity index (χ2v) is 5.19. The topological polar surface area (TPSA) is 64.8 Å².